The highest BCUT2D eigenvalue weighted by molar-refractivity contribution is 5.88. The summed E-state index contributed by atoms with van der Waals surface area (Å²) >= 11 is 0. The summed E-state index contributed by atoms with van der Waals surface area (Å²) in [5, 5.41) is 26.1. The summed E-state index contributed by atoms with van der Waals surface area (Å²) in [4.78, 5) is 29.7. The number of nitrogens with zero attached hydrogens (tertiary/aromatic N) is 3. The summed E-state index contributed by atoms with van der Waals surface area (Å²) in [7, 11) is 0. The lowest BCUT2D eigenvalue weighted by Crippen LogP contribution is -2.10. The molecule has 25 heavy (non-hydrogen) atoms. The van der Waals surface area contributed by atoms with E-state index in [-0.39, 0.29) is 22.9 Å². The van der Waals surface area contributed by atoms with Gasteiger partial charge in [-0.05, 0) is 36.6 Å². The Kier molecular flexibility index (Phi) is 5.83. The zero-order chi connectivity index (χ0) is 18.4. The van der Waals surface area contributed by atoms with E-state index in [2.05, 4.69) is 34.4 Å². The van der Waals surface area contributed by atoms with E-state index >= 15 is 0 Å². The third kappa shape index (κ3) is 4.87. The van der Waals surface area contributed by atoms with Crippen molar-refractivity contribution in [3.8, 4) is 0 Å². The second kappa shape index (κ2) is 8.04. The minimum atomic E-state index is -1.05. The Morgan fingerprint density at radius 2 is 1.88 bits per heavy atom. The second-order valence-electron chi connectivity index (χ2n) is 5.79. The molecule has 0 saturated carbocycles. The van der Waals surface area contributed by atoms with Crippen LogP contribution in [0.3, 0.4) is 0 Å². The van der Waals surface area contributed by atoms with Gasteiger partial charge in [0.15, 0.2) is 0 Å². The molecule has 9 heteroatoms. The lowest BCUT2D eigenvalue weighted by molar-refractivity contribution is -0.383. The van der Waals surface area contributed by atoms with Gasteiger partial charge in [0.25, 0.3) is 0 Å². The molecule has 1 aromatic heterocycles. The van der Waals surface area contributed by atoms with Crippen molar-refractivity contribution in [3.63, 3.8) is 0 Å². The Morgan fingerprint density at radius 1 is 1.24 bits per heavy atom. The number of hydrogen-bond donors (Lipinski definition) is 3. The van der Waals surface area contributed by atoms with Crippen molar-refractivity contribution in [1.82, 2.24) is 9.97 Å². The molecule has 0 aliphatic rings. The van der Waals surface area contributed by atoms with Crippen molar-refractivity contribution < 1.29 is 14.8 Å². The van der Waals surface area contributed by atoms with Gasteiger partial charge in [-0.1, -0.05) is 13.8 Å². The molecule has 0 radical (unpaired) electrons. The summed E-state index contributed by atoms with van der Waals surface area (Å²) in [6.07, 6.45) is 2.08. The van der Waals surface area contributed by atoms with Gasteiger partial charge in [-0.25, -0.2) is 14.8 Å². The maximum atomic E-state index is 11.4. The predicted molar refractivity (Wildman–Crippen MR) is 93.3 cm³/mol. The van der Waals surface area contributed by atoms with Gasteiger partial charge in [-0.2, -0.15) is 0 Å². The van der Waals surface area contributed by atoms with Crippen LogP contribution in [0.1, 0.15) is 30.6 Å². The molecule has 2 aromatic rings. The van der Waals surface area contributed by atoms with Gasteiger partial charge >= 0.3 is 11.7 Å². The fraction of sp³-hybridized carbons (Fsp3) is 0.312. The molecule has 3 N–H and O–H groups in total. The minimum absolute atomic E-state index is 0.0371. The first-order chi connectivity index (χ1) is 11.9. The van der Waals surface area contributed by atoms with Gasteiger partial charge in [0, 0.05) is 12.2 Å². The summed E-state index contributed by atoms with van der Waals surface area (Å²) in [5.74, 6) is -0.407. The standard InChI is InChI=1S/C16H19N5O4/c1-10(2)7-8-17-14-13(21(24)25)15(19-9-18-14)20-12-5-3-11(4-6-12)16(22)23/h3-6,9-10H,7-8H2,1-2H3,(H,22,23)(H2,17,18,19,20). The molecule has 0 amide bonds. The number of aromatic nitrogens is 2. The van der Waals surface area contributed by atoms with E-state index in [1.165, 1.54) is 30.6 Å². The summed E-state index contributed by atoms with van der Waals surface area (Å²) in [6, 6.07) is 5.83. The van der Waals surface area contributed by atoms with E-state index < -0.39 is 10.9 Å². The lowest BCUT2D eigenvalue weighted by atomic mass is 10.1. The predicted octanol–water partition coefficient (Wildman–Crippen LogP) is 3.28. The van der Waals surface area contributed by atoms with Crippen LogP contribution in [0.4, 0.5) is 23.0 Å². The van der Waals surface area contributed by atoms with E-state index in [0.717, 1.165) is 6.42 Å². The smallest absolute Gasteiger partial charge is 0.353 e. The number of hydrogen-bond acceptors (Lipinski definition) is 7. The molecule has 1 heterocycles. The van der Waals surface area contributed by atoms with Crippen LogP contribution in [-0.2, 0) is 0 Å². The molecule has 0 bridgehead atoms. The number of rotatable bonds is 8. The van der Waals surface area contributed by atoms with Gasteiger partial charge in [0.1, 0.15) is 6.33 Å². The molecule has 0 fully saturated rings. The second-order valence-corrected chi connectivity index (χ2v) is 5.79. The van der Waals surface area contributed by atoms with Gasteiger partial charge in [0.05, 0.1) is 10.5 Å². The van der Waals surface area contributed by atoms with Gasteiger partial charge < -0.3 is 15.7 Å². The molecule has 0 spiro atoms. The van der Waals surface area contributed by atoms with Gasteiger partial charge in [-0.3, -0.25) is 10.1 Å². The molecular formula is C16H19N5O4. The fourth-order valence-corrected chi connectivity index (χ4v) is 2.08. The zero-order valence-electron chi connectivity index (χ0n) is 13.9. The van der Waals surface area contributed by atoms with E-state index in [4.69, 9.17) is 5.11 Å². The SMILES string of the molecule is CC(C)CCNc1ncnc(Nc2ccc(C(=O)O)cc2)c1[N+](=O)[O-]. The van der Waals surface area contributed by atoms with Crippen LogP contribution < -0.4 is 10.6 Å². The van der Waals surface area contributed by atoms with Crippen molar-refractivity contribution >= 4 is 29.0 Å². The molecule has 9 nitrogen and oxygen atoms in total. The third-order valence-electron chi connectivity index (χ3n) is 3.41. The Bertz CT molecular complexity index is 762. The monoisotopic (exact) mass is 345 g/mol. The lowest BCUT2D eigenvalue weighted by Gasteiger charge is -2.11. The van der Waals surface area contributed by atoms with Crippen molar-refractivity contribution in [1.29, 1.82) is 0 Å². The zero-order valence-corrected chi connectivity index (χ0v) is 13.9. The molecule has 1 aromatic carbocycles. The summed E-state index contributed by atoms with van der Waals surface area (Å²) in [5.41, 5.74) is 0.354. The summed E-state index contributed by atoms with van der Waals surface area (Å²) in [6.45, 7) is 4.68. The maximum Gasteiger partial charge on any atom is 0.353 e. The Balaban J connectivity index is 2.24. The molecule has 0 saturated heterocycles. The number of nitro groups is 1. The topological polar surface area (TPSA) is 130 Å². The first-order valence-corrected chi connectivity index (χ1v) is 7.72. The molecule has 0 unspecified atom stereocenters. The highest BCUT2D eigenvalue weighted by Gasteiger charge is 2.23. The Morgan fingerprint density at radius 3 is 2.44 bits per heavy atom. The normalized spacial score (nSPS) is 10.5. The molecule has 132 valence electrons. The van der Waals surface area contributed by atoms with Crippen LogP contribution in [0.25, 0.3) is 0 Å². The van der Waals surface area contributed by atoms with Crippen molar-refractivity contribution in [2.75, 3.05) is 17.2 Å². The summed E-state index contributed by atoms with van der Waals surface area (Å²) < 4.78 is 0. The van der Waals surface area contributed by atoms with E-state index in [0.29, 0.717) is 18.2 Å². The first-order valence-electron chi connectivity index (χ1n) is 7.72. The first kappa shape index (κ1) is 18.1. The van der Waals surface area contributed by atoms with Crippen LogP contribution in [0.2, 0.25) is 0 Å². The molecule has 2 rings (SSSR count). The minimum Gasteiger partial charge on any atom is -0.478 e. The third-order valence-corrected chi connectivity index (χ3v) is 3.41. The number of carbonyl (C=O) groups is 1. The fourth-order valence-electron chi connectivity index (χ4n) is 2.08. The largest absolute Gasteiger partial charge is 0.478 e. The van der Waals surface area contributed by atoms with E-state index in [9.17, 15) is 14.9 Å². The molecule has 0 aliphatic carbocycles. The highest BCUT2D eigenvalue weighted by atomic mass is 16.6. The Labute approximate surface area is 144 Å². The van der Waals surface area contributed by atoms with Crippen LogP contribution in [-0.4, -0.2) is 32.5 Å². The number of aromatic carboxylic acids is 1. The number of carboxylic acids is 1. The number of anilines is 3. The molecule has 0 atom stereocenters. The number of nitrogens with one attached hydrogen (secondary N) is 2. The van der Waals surface area contributed by atoms with Crippen LogP contribution in [0.5, 0.6) is 0 Å². The van der Waals surface area contributed by atoms with Gasteiger partial charge in [-0.15, -0.1) is 0 Å². The van der Waals surface area contributed by atoms with Crippen LogP contribution in [0.15, 0.2) is 30.6 Å². The number of carboxylic acid groups (broad SMARTS) is 1. The van der Waals surface area contributed by atoms with Crippen LogP contribution in [0, 0.1) is 16.0 Å². The highest BCUT2D eigenvalue weighted by Crippen LogP contribution is 2.31. The molecular weight excluding hydrogens is 326 g/mol. The quantitative estimate of drug-likeness (QED) is 0.491. The van der Waals surface area contributed by atoms with Crippen molar-refractivity contribution in [2.45, 2.75) is 20.3 Å². The molecule has 0 aliphatic heterocycles. The number of benzene rings is 1. The van der Waals surface area contributed by atoms with Crippen molar-refractivity contribution in [2.24, 2.45) is 5.92 Å². The average Bonchev–Trinajstić information content (AvgIpc) is 2.55. The van der Waals surface area contributed by atoms with Crippen molar-refractivity contribution in [3.05, 3.63) is 46.3 Å². The maximum absolute atomic E-state index is 11.4. The van der Waals surface area contributed by atoms with E-state index in [1.54, 1.807) is 0 Å². The van der Waals surface area contributed by atoms with Gasteiger partial charge in [0.2, 0.25) is 11.6 Å². The Hall–Kier alpha value is -3.23. The average molecular weight is 345 g/mol. The van der Waals surface area contributed by atoms with Crippen LogP contribution >= 0.6 is 0 Å². The van der Waals surface area contributed by atoms with E-state index in [1.807, 2.05) is 0 Å².